The fourth-order valence-electron chi connectivity index (χ4n) is 7.91. The maximum Gasteiger partial charge on any atom is -0.0264 e. The van der Waals surface area contributed by atoms with Crippen molar-refractivity contribution in [3.05, 3.63) is 92.2 Å². The van der Waals surface area contributed by atoms with Crippen molar-refractivity contribution in [3.8, 4) is 49.7 Å². The summed E-state index contributed by atoms with van der Waals surface area (Å²) in [4.78, 5) is 8.05. The van der Waals surface area contributed by atoms with Gasteiger partial charge < -0.3 is 0 Å². The van der Waals surface area contributed by atoms with Gasteiger partial charge in [-0.2, -0.15) is 0 Å². The first kappa shape index (κ1) is 46.2. The maximum atomic E-state index is 16.6. The van der Waals surface area contributed by atoms with Crippen LogP contribution in [0.2, 0.25) is 0 Å². The van der Waals surface area contributed by atoms with Crippen molar-refractivity contribution >= 4 is 59.9 Å². The number of hydrogen-bond donors (Lipinski definition) is 0. The maximum absolute atomic E-state index is 16.6. The number of halogens is 4. The molecular formula is C50H60F4S4Se. The van der Waals surface area contributed by atoms with Crippen LogP contribution in [0.4, 0.5) is 17.6 Å². The Balaban J connectivity index is 1.38. The number of aryl methyl sites for hydroxylation is 4. The van der Waals surface area contributed by atoms with E-state index in [2.05, 4.69) is 62.3 Å². The van der Waals surface area contributed by atoms with Crippen LogP contribution in [0.5, 0.6) is 0 Å². The van der Waals surface area contributed by atoms with Gasteiger partial charge in [-0.05, 0) is 54.3 Å². The summed E-state index contributed by atoms with van der Waals surface area (Å²) in [5.74, 6) is -5.27. The Bertz CT molecular complexity index is 2170. The standard InChI is InChI=1S/C50H60F4S4Se/c1-5-9-13-17-22-33-28-39(55-32-33)48-34(23-18-14-10-6-2)29-37(56-48)42-44(51)46(53)43(47(54)45(42)52)38-30-35(24-19-15-11-7-3)49(57-38)40-31-36(25-20-16-12-8-4)50(58-40)41-26-21-27-59-41/h21,26-32H,5-20,22-25H2,1-4H3. The molecule has 9 heteroatoms. The number of hydrogen-bond acceptors (Lipinski definition) is 4. The van der Waals surface area contributed by atoms with Gasteiger partial charge in [0.2, 0.25) is 0 Å². The van der Waals surface area contributed by atoms with Crippen LogP contribution in [0.1, 0.15) is 153 Å². The van der Waals surface area contributed by atoms with E-state index in [0.717, 1.165) is 121 Å². The largest absolute Gasteiger partial charge is 0.0654 e. The van der Waals surface area contributed by atoms with Gasteiger partial charge >= 0.3 is 236 Å². The second-order valence-corrected chi connectivity index (χ2v) is 22.0. The van der Waals surface area contributed by atoms with E-state index >= 15 is 17.6 Å². The molecule has 0 aliphatic heterocycles. The fraction of sp³-hybridized carbons (Fsp3) is 0.480. The molecule has 0 nitrogen and oxygen atoms in total. The fourth-order valence-corrected chi connectivity index (χ4v) is 14.7. The van der Waals surface area contributed by atoms with Crippen LogP contribution in [-0.2, 0) is 25.7 Å². The molecule has 318 valence electrons. The number of thiophene rings is 4. The molecule has 0 bridgehead atoms. The summed E-state index contributed by atoms with van der Waals surface area (Å²) in [6.45, 7) is 8.78. The van der Waals surface area contributed by atoms with Crippen molar-refractivity contribution < 1.29 is 17.6 Å². The van der Waals surface area contributed by atoms with E-state index in [-0.39, 0.29) is 24.3 Å². The van der Waals surface area contributed by atoms with Crippen molar-refractivity contribution in [3.63, 3.8) is 0 Å². The zero-order valence-corrected chi connectivity index (χ0v) is 40.3. The summed E-state index contributed by atoms with van der Waals surface area (Å²) in [7, 11) is 0. The molecule has 0 spiro atoms. The average molecular weight is 944 g/mol. The van der Waals surface area contributed by atoms with Crippen LogP contribution in [0.3, 0.4) is 0 Å². The Kier molecular flexibility index (Phi) is 18.2. The molecule has 0 saturated heterocycles. The molecule has 0 aliphatic carbocycles. The number of benzene rings is 1. The van der Waals surface area contributed by atoms with Gasteiger partial charge in [-0.15, -0.1) is 22.7 Å². The van der Waals surface area contributed by atoms with Crippen molar-refractivity contribution in [1.82, 2.24) is 0 Å². The zero-order valence-electron chi connectivity index (χ0n) is 35.3. The van der Waals surface area contributed by atoms with E-state index in [1.54, 1.807) is 34.8 Å². The molecule has 0 saturated carbocycles. The Labute approximate surface area is 372 Å². The summed E-state index contributed by atoms with van der Waals surface area (Å²) >= 11 is 6.20. The molecule has 0 amide bonds. The summed E-state index contributed by atoms with van der Waals surface area (Å²) in [5.41, 5.74) is 3.39. The van der Waals surface area contributed by atoms with Gasteiger partial charge in [0.05, 0.1) is 0 Å². The van der Waals surface area contributed by atoms with Gasteiger partial charge in [-0.25, -0.2) is 0 Å². The molecule has 59 heavy (non-hydrogen) atoms. The molecule has 0 N–H and O–H groups in total. The molecule has 6 rings (SSSR count). The topological polar surface area (TPSA) is 0 Å². The van der Waals surface area contributed by atoms with Crippen molar-refractivity contribution in [1.29, 1.82) is 0 Å². The van der Waals surface area contributed by atoms with Crippen molar-refractivity contribution in [2.75, 3.05) is 0 Å². The number of rotatable bonds is 25. The summed E-state index contributed by atoms with van der Waals surface area (Å²) in [6, 6.07) is 12.4. The molecule has 0 aliphatic rings. The Hall–Kier alpha value is -2.26. The van der Waals surface area contributed by atoms with E-state index in [0.29, 0.717) is 0 Å². The van der Waals surface area contributed by atoms with Gasteiger partial charge in [0.15, 0.2) is 0 Å². The van der Waals surface area contributed by atoms with E-state index < -0.39 is 34.4 Å². The minimum atomic E-state index is -1.32. The molecule has 6 aromatic rings. The van der Waals surface area contributed by atoms with E-state index in [9.17, 15) is 0 Å². The average Bonchev–Trinajstić information content (AvgIpc) is 4.09. The molecule has 5 heterocycles. The molecule has 0 unspecified atom stereocenters. The smallest absolute Gasteiger partial charge is 0.0264 e. The Morgan fingerprint density at radius 3 is 1.34 bits per heavy atom. The third-order valence-electron chi connectivity index (χ3n) is 11.2. The van der Waals surface area contributed by atoms with Crippen LogP contribution >= 0.6 is 45.3 Å². The second kappa shape index (κ2) is 23.3. The third-order valence-corrected chi connectivity index (χ3v) is 18.3. The predicted molar refractivity (Wildman–Crippen MR) is 253 cm³/mol. The van der Waals surface area contributed by atoms with Gasteiger partial charge in [-0.1, -0.05) is 52.4 Å². The van der Waals surface area contributed by atoms with E-state index in [1.165, 1.54) is 81.6 Å². The van der Waals surface area contributed by atoms with E-state index in [4.69, 9.17) is 0 Å². The normalized spacial score (nSPS) is 11.7. The van der Waals surface area contributed by atoms with Crippen LogP contribution < -0.4 is 0 Å². The third kappa shape index (κ3) is 11.6. The SMILES string of the molecule is CCCCCCc1csc(-c2sc(-c3c(F)c(F)c(-c4cc(CCCCCC)c(-c5cc(CCCCCC)c(-c6ccc[se]6)s5)s4)c(F)c3F)cc2CCCCCC)c1. The molecular weight excluding hydrogens is 884 g/mol. The first-order valence-electron chi connectivity index (χ1n) is 22.2. The quantitative estimate of drug-likeness (QED) is 0.0232. The molecule has 1 aromatic carbocycles. The minimum absolute atomic E-state index is 0.237. The minimum Gasteiger partial charge on any atom is -0.0654 e. The first-order chi connectivity index (χ1) is 28.8. The molecule has 0 atom stereocenters. The van der Waals surface area contributed by atoms with Gasteiger partial charge in [0.1, 0.15) is 0 Å². The van der Waals surface area contributed by atoms with Crippen LogP contribution in [0.15, 0.2) is 46.7 Å². The molecule has 0 radical (unpaired) electrons. The molecule has 5 aromatic heterocycles. The number of unbranched alkanes of at least 4 members (excludes halogenated alkanes) is 12. The summed E-state index contributed by atoms with van der Waals surface area (Å²) < 4.78 is 67.5. The van der Waals surface area contributed by atoms with Crippen molar-refractivity contribution in [2.24, 2.45) is 0 Å². The monoisotopic (exact) mass is 944 g/mol. The second-order valence-electron chi connectivity index (χ2n) is 15.9. The first-order valence-corrected chi connectivity index (χ1v) is 27.3. The van der Waals surface area contributed by atoms with Crippen LogP contribution in [0.25, 0.3) is 49.7 Å². The van der Waals surface area contributed by atoms with Gasteiger partial charge in [-0.3, -0.25) is 0 Å². The Morgan fingerprint density at radius 2 is 0.881 bits per heavy atom. The van der Waals surface area contributed by atoms with Crippen LogP contribution in [0, 0.1) is 23.3 Å². The van der Waals surface area contributed by atoms with E-state index in [1.807, 2.05) is 0 Å². The van der Waals surface area contributed by atoms with Gasteiger partial charge in [0.25, 0.3) is 0 Å². The molecule has 0 fully saturated rings. The van der Waals surface area contributed by atoms with Crippen molar-refractivity contribution in [2.45, 2.75) is 156 Å². The summed E-state index contributed by atoms with van der Waals surface area (Å²) in [5, 5.41) is 2.18. The summed E-state index contributed by atoms with van der Waals surface area (Å²) in [6.07, 6.45) is 21.3. The zero-order chi connectivity index (χ0) is 41.7. The predicted octanol–water partition coefficient (Wildman–Crippen LogP) is 18.4. The van der Waals surface area contributed by atoms with Gasteiger partial charge in [0, 0.05) is 9.75 Å². The van der Waals surface area contributed by atoms with Crippen LogP contribution in [-0.4, -0.2) is 14.5 Å². The Morgan fingerprint density at radius 1 is 0.458 bits per heavy atom.